The second-order valence-electron chi connectivity index (χ2n) is 4.06. The van der Waals surface area contributed by atoms with Crippen LogP contribution in [0.15, 0.2) is 54.6 Å². The monoisotopic (exact) mass is 306 g/mol. The van der Waals surface area contributed by atoms with Crippen LogP contribution in [0.2, 0.25) is 0 Å². The molecular formula is C15H12F6. The Kier molecular flexibility index (Phi) is 5.04. The standard InChI is InChI=1S/C15H12F6/c1-3-7-10(12(4-2)14(16,17)18)11-8-5-6-9-13(11)15(19,20)21/h3-9H,1H2,2H3/b10-7-,12-4+. The van der Waals surface area contributed by atoms with E-state index in [2.05, 4.69) is 6.58 Å². The van der Waals surface area contributed by atoms with Gasteiger partial charge in [0.05, 0.1) is 11.1 Å². The van der Waals surface area contributed by atoms with Crippen molar-refractivity contribution in [1.29, 1.82) is 0 Å². The molecule has 0 unspecified atom stereocenters. The first kappa shape index (κ1) is 17.1. The predicted molar refractivity (Wildman–Crippen MR) is 69.4 cm³/mol. The quantitative estimate of drug-likeness (QED) is 0.490. The van der Waals surface area contributed by atoms with Gasteiger partial charge in [0.2, 0.25) is 0 Å². The molecule has 0 heterocycles. The van der Waals surface area contributed by atoms with Gasteiger partial charge in [-0.05, 0) is 24.1 Å². The number of halogens is 6. The molecule has 6 heteroatoms. The van der Waals surface area contributed by atoms with Crippen molar-refractivity contribution in [2.24, 2.45) is 0 Å². The van der Waals surface area contributed by atoms with Crippen LogP contribution in [0.5, 0.6) is 0 Å². The van der Waals surface area contributed by atoms with Gasteiger partial charge in [-0.15, -0.1) is 0 Å². The van der Waals surface area contributed by atoms with Crippen LogP contribution < -0.4 is 0 Å². The summed E-state index contributed by atoms with van der Waals surface area (Å²) in [7, 11) is 0. The third-order valence-electron chi connectivity index (χ3n) is 2.69. The molecule has 0 bridgehead atoms. The Balaban J connectivity index is 3.60. The van der Waals surface area contributed by atoms with E-state index in [-0.39, 0.29) is 0 Å². The number of alkyl halides is 6. The summed E-state index contributed by atoms with van der Waals surface area (Å²) < 4.78 is 77.8. The smallest absolute Gasteiger partial charge is 0.166 e. The molecule has 0 amide bonds. The summed E-state index contributed by atoms with van der Waals surface area (Å²) >= 11 is 0. The summed E-state index contributed by atoms with van der Waals surface area (Å²) in [6, 6.07) is 4.13. The van der Waals surface area contributed by atoms with E-state index in [0.717, 1.165) is 43.4 Å². The summed E-state index contributed by atoms with van der Waals surface area (Å²) in [6.07, 6.45) is -6.82. The van der Waals surface area contributed by atoms with Crippen LogP contribution >= 0.6 is 0 Å². The normalized spacial score (nSPS) is 14.2. The van der Waals surface area contributed by atoms with Crippen molar-refractivity contribution in [3.8, 4) is 0 Å². The Bertz CT molecular complexity index is 573. The Morgan fingerprint density at radius 2 is 1.62 bits per heavy atom. The Morgan fingerprint density at radius 3 is 2.05 bits per heavy atom. The fraction of sp³-hybridized carbons (Fsp3) is 0.200. The number of rotatable bonds is 3. The largest absolute Gasteiger partial charge is 0.417 e. The van der Waals surface area contributed by atoms with Gasteiger partial charge in [0.1, 0.15) is 0 Å². The SMILES string of the molecule is C=C/C=C(\C(=C/C)C(F)(F)F)c1ccccc1C(F)(F)F. The summed E-state index contributed by atoms with van der Waals surface area (Å²) in [6.45, 7) is 4.39. The summed E-state index contributed by atoms with van der Waals surface area (Å²) in [5.41, 5.74) is -3.36. The first-order valence-electron chi connectivity index (χ1n) is 5.86. The molecular weight excluding hydrogens is 294 g/mol. The maximum atomic E-state index is 13.0. The lowest BCUT2D eigenvalue weighted by molar-refractivity contribution is -0.137. The molecule has 0 fully saturated rings. The third kappa shape index (κ3) is 4.00. The van der Waals surface area contributed by atoms with Gasteiger partial charge in [0.25, 0.3) is 0 Å². The van der Waals surface area contributed by atoms with E-state index in [4.69, 9.17) is 0 Å². The lowest BCUT2D eigenvalue weighted by Gasteiger charge is -2.19. The zero-order valence-electron chi connectivity index (χ0n) is 11.0. The van der Waals surface area contributed by atoms with Crippen molar-refractivity contribution in [2.45, 2.75) is 19.3 Å². The number of allylic oxidation sites excluding steroid dienone is 5. The molecule has 0 spiro atoms. The van der Waals surface area contributed by atoms with Crippen LogP contribution in [-0.2, 0) is 6.18 Å². The number of hydrogen-bond acceptors (Lipinski definition) is 0. The van der Waals surface area contributed by atoms with Crippen LogP contribution in [0, 0.1) is 0 Å². The zero-order valence-corrected chi connectivity index (χ0v) is 11.0. The minimum atomic E-state index is -4.76. The van der Waals surface area contributed by atoms with Gasteiger partial charge in [0.15, 0.2) is 0 Å². The average Bonchev–Trinajstić information content (AvgIpc) is 2.36. The molecule has 0 atom stereocenters. The molecule has 0 saturated carbocycles. The lowest BCUT2D eigenvalue weighted by Crippen LogP contribution is -2.16. The van der Waals surface area contributed by atoms with Crippen LogP contribution in [0.1, 0.15) is 18.1 Å². The fourth-order valence-electron chi connectivity index (χ4n) is 1.88. The molecule has 114 valence electrons. The molecule has 0 aromatic heterocycles. The van der Waals surface area contributed by atoms with Gasteiger partial charge in [-0.1, -0.05) is 43.0 Å². The minimum Gasteiger partial charge on any atom is -0.166 e. The van der Waals surface area contributed by atoms with Gasteiger partial charge < -0.3 is 0 Å². The van der Waals surface area contributed by atoms with E-state index in [0.29, 0.717) is 0 Å². The van der Waals surface area contributed by atoms with E-state index in [1.807, 2.05) is 0 Å². The van der Waals surface area contributed by atoms with Crippen molar-refractivity contribution in [2.75, 3.05) is 0 Å². The highest BCUT2D eigenvalue weighted by molar-refractivity contribution is 5.83. The molecule has 0 aliphatic rings. The fourth-order valence-corrected chi connectivity index (χ4v) is 1.88. The van der Waals surface area contributed by atoms with E-state index in [1.165, 1.54) is 6.07 Å². The lowest BCUT2D eigenvalue weighted by atomic mass is 9.92. The highest BCUT2D eigenvalue weighted by atomic mass is 19.4. The van der Waals surface area contributed by atoms with Crippen LogP contribution in [0.3, 0.4) is 0 Å². The molecule has 0 aliphatic heterocycles. The molecule has 21 heavy (non-hydrogen) atoms. The maximum Gasteiger partial charge on any atom is 0.417 e. The maximum absolute atomic E-state index is 13.0. The van der Waals surface area contributed by atoms with E-state index < -0.39 is 34.6 Å². The average molecular weight is 306 g/mol. The minimum absolute atomic E-state index is 0.532. The molecule has 0 aliphatic carbocycles. The number of hydrogen-bond donors (Lipinski definition) is 0. The van der Waals surface area contributed by atoms with Gasteiger partial charge in [-0.3, -0.25) is 0 Å². The first-order valence-corrected chi connectivity index (χ1v) is 5.86. The Morgan fingerprint density at radius 1 is 1.05 bits per heavy atom. The summed E-state index contributed by atoms with van der Waals surface area (Å²) in [5.74, 6) is 0. The Hall–Kier alpha value is -1.98. The zero-order chi connectivity index (χ0) is 16.3. The number of benzene rings is 1. The van der Waals surface area contributed by atoms with Crippen molar-refractivity contribution in [1.82, 2.24) is 0 Å². The molecule has 1 aromatic rings. The van der Waals surface area contributed by atoms with Crippen molar-refractivity contribution in [3.63, 3.8) is 0 Å². The second kappa shape index (κ2) is 6.20. The molecule has 1 rings (SSSR count). The van der Waals surface area contributed by atoms with Crippen molar-refractivity contribution in [3.05, 3.63) is 65.8 Å². The molecule has 0 saturated heterocycles. The molecule has 0 nitrogen and oxygen atoms in total. The van der Waals surface area contributed by atoms with E-state index in [1.54, 1.807) is 0 Å². The van der Waals surface area contributed by atoms with Crippen molar-refractivity contribution < 1.29 is 26.3 Å². The van der Waals surface area contributed by atoms with Gasteiger partial charge >= 0.3 is 12.4 Å². The Labute approximate surface area is 118 Å². The van der Waals surface area contributed by atoms with Gasteiger partial charge in [0, 0.05) is 0 Å². The third-order valence-corrected chi connectivity index (χ3v) is 2.69. The predicted octanol–water partition coefficient (Wildman–Crippen LogP) is 5.78. The topological polar surface area (TPSA) is 0 Å². The van der Waals surface area contributed by atoms with Crippen LogP contribution in [-0.4, -0.2) is 6.18 Å². The molecule has 0 radical (unpaired) electrons. The van der Waals surface area contributed by atoms with E-state index in [9.17, 15) is 26.3 Å². The molecule has 1 aromatic carbocycles. The van der Waals surface area contributed by atoms with E-state index >= 15 is 0 Å². The summed E-state index contributed by atoms with van der Waals surface area (Å²) in [5, 5.41) is 0. The first-order chi connectivity index (χ1) is 9.62. The van der Waals surface area contributed by atoms with Crippen LogP contribution in [0.4, 0.5) is 26.3 Å². The second-order valence-corrected chi connectivity index (χ2v) is 4.06. The van der Waals surface area contributed by atoms with Gasteiger partial charge in [-0.25, -0.2) is 0 Å². The van der Waals surface area contributed by atoms with Crippen LogP contribution in [0.25, 0.3) is 5.57 Å². The van der Waals surface area contributed by atoms with Crippen molar-refractivity contribution >= 4 is 5.57 Å². The van der Waals surface area contributed by atoms with Gasteiger partial charge in [-0.2, -0.15) is 26.3 Å². The highest BCUT2D eigenvalue weighted by Gasteiger charge is 2.39. The highest BCUT2D eigenvalue weighted by Crippen LogP contribution is 2.41. The summed E-state index contributed by atoms with van der Waals surface area (Å²) in [4.78, 5) is 0. The molecule has 0 N–H and O–H groups in total.